The van der Waals surface area contributed by atoms with Gasteiger partial charge in [-0.2, -0.15) is 0 Å². The summed E-state index contributed by atoms with van der Waals surface area (Å²) in [4.78, 5) is 0. The van der Waals surface area contributed by atoms with Gasteiger partial charge in [-0.05, 0) is 124 Å². The third kappa shape index (κ3) is 19.4. The van der Waals surface area contributed by atoms with Crippen molar-refractivity contribution in [1.82, 2.24) is 0 Å². The SMILES string of the molecule is CCCCCCCCC1=C(c2cc(CCCCCC)cc(CCCCCCCC)c2)[N+](=[N-])C(c2cc(CCCCCC)cc(CCCCCCCC)c2)=C1CCCCC. The van der Waals surface area contributed by atoms with E-state index >= 15 is 0 Å². The van der Waals surface area contributed by atoms with E-state index in [2.05, 4.69) is 77.9 Å². The molecule has 2 aromatic carbocycles. The first kappa shape index (κ1) is 50.9. The van der Waals surface area contributed by atoms with E-state index < -0.39 is 0 Å². The Labute approximate surface area is 367 Å². The molecule has 0 radical (unpaired) electrons. The molecule has 0 N–H and O–H groups in total. The number of rotatable bonds is 37. The Balaban J connectivity index is 2.14. The first-order valence-electron chi connectivity index (χ1n) is 26.2. The molecule has 2 heteroatoms. The summed E-state index contributed by atoms with van der Waals surface area (Å²) in [7, 11) is 0. The summed E-state index contributed by atoms with van der Waals surface area (Å²) in [5.41, 5.74) is 26.4. The van der Waals surface area contributed by atoms with Gasteiger partial charge in [0.05, 0.1) is 0 Å². The molecule has 3 rings (SSSR count). The molecule has 0 amide bonds. The lowest BCUT2D eigenvalue weighted by molar-refractivity contribution is -0.345. The average Bonchev–Trinajstić information content (AvgIpc) is 3.52. The van der Waals surface area contributed by atoms with Crippen LogP contribution < -0.4 is 0 Å². The quantitative estimate of drug-likeness (QED) is 0.0480. The van der Waals surface area contributed by atoms with Crippen molar-refractivity contribution in [2.75, 3.05) is 0 Å². The van der Waals surface area contributed by atoms with Crippen LogP contribution in [-0.2, 0) is 25.7 Å². The normalized spacial score (nSPS) is 13.2. The highest BCUT2D eigenvalue weighted by molar-refractivity contribution is 5.82. The zero-order chi connectivity index (χ0) is 42.3. The molecule has 1 aliphatic rings. The van der Waals surface area contributed by atoms with Gasteiger partial charge >= 0.3 is 0 Å². The van der Waals surface area contributed by atoms with Crippen LogP contribution in [0.4, 0.5) is 0 Å². The molecule has 2 nitrogen and oxygen atoms in total. The van der Waals surface area contributed by atoms with E-state index in [0.29, 0.717) is 0 Å². The first-order valence-corrected chi connectivity index (χ1v) is 26.2. The maximum absolute atomic E-state index is 12.9. The van der Waals surface area contributed by atoms with Crippen LogP contribution in [0.25, 0.3) is 16.9 Å². The van der Waals surface area contributed by atoms with Crippen LogP contribution in [0.2, 0.25) is 0 Å². The molecular weight excluding hydrogens is 713 g/mol. The van der Waals surface area contributed by atoms with Crippen molar-refractivity contribution in [3.63, 3.8) is 0 Å². The molecule has 0 aliphatic carbocycles. The van der Waals surface area contributed by atoms with E-state index in [0.717, 1.165) is 49.9 Å². The van der Waals surface area contributed by atoms with Crippen LogP contribution in [0.5, 0.6) is 0 Å². The van der Waals surface area contributed by atoms with Crippen molar-refractivity contribution < 1.29 is 4.70 Å². The summed E-state index contributed by atoms with van der Waals surface area (Å²) >= 11 is 0. The van der Waals surface area contributed by atoms with Crippen molar-refractivity contribution in [3.8, 4) is 0 Å². The van der Waals surface area contributed by atoms with E-state index in [9.17, 15) is 5.53 Å². The minimum atomic E-state index is 1.05. The summed E-state index contributed by atoms with van der Waals surface area (Å²) in [5.74, 6) is 0. The predicted molar refractivity (Wildman–Crippen MR) is 262 cm³/mol. The maximum atomic E-state index is 12.9. The number of unbranched alkanes of at least 4 members (excludes halogenated alkanes) is 23. The van der Waals surface area contributed by atoms with Gasteiger partial charge in [0.1, 0.15) is 0 Å². The molecule has 2 aromatic rings. The van der Waals surface area contributed by atoms with Gasteiger partial charge < -0.3 is 5.53 Å². The van der Waals surface area contributed by atoms with Crippen molar-refractivity contribution in [3.05, 3.63) is 86.5 Å². The van der Waals surface area contributed by atoms with E-state index in [-0.39, 0.29) is 0 Å². The zero-order valence-electron chi connectivity index (χ0n) is 40.1. The third-order valence-electron chi connectivity index (χ3n) is 13.1. The van der Waals surface area contributed by atoms with Crippen LogP contribution in [0, 0.1) is 0 Å². The lowest BCUT2D eigenvalue weighted by atomic mass is 9.89. The fourth-order valence-electron chi connectivity index (χ4n) is 9.53. The molecule has 0 aromatic heterocycles. The van der Waals surface area contributed by atoms with Crippen LogP contribution in [0.1, 0.15) is 274 Å². The summed E-state index contributed by atoms with van der Waals surface area (Å²) in [5, 5.41) is 0. The smallest absolute Gasteiger partial charge is 0.211 e. The highest BCUT2D eigenvalue weighted by atomic mass is 15.2. The average molecular weight is 807 g/mol. The molecular formula is C57H94N2. The summed E-state index contributed by atoms with van der Waals surface area (Å²) < 4.78 is 1.73. The predicted octanol–water partition coefficient (Wildman–Crippen LogP) is 19.2. The molecule has 0 spiro atoms. The Morgan fingerprint density at radius 1 is 0.288 bits per heavy atom. The Bertz CT molecular complexity index is 1490. The third-order valence-corrected chi connectivity index (χ3v) is 13.1. The van der Waals surface area contributed by atoms with Gasteiger partial charge in [-0.1, -0.05) is 201 Å². The van der Waals surface area contributed by atoms with Crippen molar-refractivity contribution in [2.24, 2.45) is 0 Å². The Hall–Kier alpha value is -2.48. The minimum absolute atomic E-state index is 1.05. The summed E-state index contributed by atoms with van der Waals surface area (Å²) in [6, 6.07) is 15.0. The molecule has 332 valence electrons. The van der Waals surface area contributed by atoms with E-state index in [1.165, 1.54) is 231 Å². The van der Waals surface area contributed by atoms with Gasteiger partial charge in [0.2, 0.25) is 11.4 Å². The first-order chi connectivity index (χ1) is 29.0. The summed E-state index contributed by atoms with van der Waals surface area (Å²) in [6.45, 7) is 13.9. The molecule has 59 heavy (non-hydrogen) atoms. The van der Waals surface area contributed by atoms with E-state index in [4.69, 9.17) is 0 Å². The lowest BCUT2D eigenvalue weighted by Crippen LogP contribution is -2.05. The van der Waals surface area contributed by atoms with Gasteiger partial charge in [-0.3, -0.25) is 0 Å². The number of nitrogens with zero attached hydrogens (tertiary/aromatic N) is 2. The van der Waals surface area contributed by atoms with Crippen molar-refractivity contribution >= 4 is 11.4 Å². The molecule has 0 fully saturated rings. The van der Waals surface area contributed by atoms with Crippen LogP contribution in [-0.4, -0.2) is 4.70 Å². The highest BCUT2D eigenvalue weighted by Crippen LogP contribution is 2.45. The van der Waals surface area contributed by atoms with Crippen molar-refractivity contribution in [2.45, 2.75) is 266 Å². The van der Waals surface area contributed by atoms with Crippen LogP contribution in [0.3, 0.4) is 0 Å². The van der Waals surface area contributed by atoms with Gasteiger partial charge in [0, 0.05) is 22.3 Å². The Morgan fingerprint density at radius 3 is 0.814 bits per heavy atom. The standard InChI is InChI=1S/C57H94N2/c1-7-13-19-24-27-33-38-50-42-48(36-31-22-16-10-4)44-52(46-50)56-54(40-30-18-12-6)55(41-35-29-26-21-15-9-3)57(59(56)58)53-45-49(37-32-23-17-11-5)43-51(47-53)39-34-28-25-20-14-8-2/h42-47H,7-41H2,1-6H3. The molecule has 1 heterocycles. The number of hydrogen-bond donors (Lipinski definition) is 0. The zero-order valence-corrected chi connectivity index (χ0v) is 40.1. The second kappa shape index (κ2) is 32.3. The number of allylic oxidation sites excluding steroid dienone is 2. The van der Waals surface area contributed by atoms with Crippen LogP contribution >= 0.6 is 0 Å². The van der Waals surface area contributed by atoms with E-state index in [1.807, 2.05) is 0 Å². The van der Waals surface area contributed by atoms with E-state index in [1.54, 1.807) is 4.70 Å². The number of hydrogen-bond acceptors (Lipinski definition) is 0. The van der Waals surface area contributed by atoms with Gasteiger partial charge in [-0.25, -0.2) is 4.70 Å². The van der Waals surface area contributed by atoms with Crippen molar-refractivity contribution in [1.29, 1.82) is 0 Å². The Kier molecular flexibility index (Phi) is 27.8. The molecule has 1 aliphatic heterocycles. The molecule has 0 bridgehead atoms. The second-order valence-electron chi connectivity index (χ2n) is 18.7. The number of aryl methyl sites for hydroxylation is 4. The number of benzene rings is 2. The second-order valence-corrected chi connectivity index (χ2v) is 18.7. The maximum Gasteiger partial charge on any atom is 0.211 e. The van der Waals surface area contributed by atoms with Gasteiger partial charge in [-0.15, -0.1) is 0 Å². The minimum Gasteiger partial charge on any atom is -0.493 e. The van der Waals surface area contributed by atoms with Crippen LogP contribution in [0.15, 0.2) is 47.5 Å². The summed E-state index contributed by atoms with van der Waals surface area (Å²) in [6.07, 6.45) is 44.2. The molecule has 0 unspecified atom stereocenters. The molecule has 0 saturated carbocycles. The lowest BCUT2D eigenvalue weighted by Gasteiger charge is -2.15. The Morgan fingerprint density at radius 2 is 0.508 bits per heavy atom. The van der Waals surface area contributed by atoms with Gasteiger partial charge in [0.15, 0.2) is 0 Å². The fourth-order valence-corrected chi connectivity index (χ4v) is 9.53. The molecule has 0 saturated heterocycles. The topological polar surface area (TPSA) is 25.3 Å². The monoisotopic (exact) mass is 807 g/mol. The highest BCUT2D eigenvalue weighted by Gasteiger charge is 2.36. The van der Waals surface area contributed by atoms with Gasteiger partial charge in [0.25, 0.3) is 0 Å². The molecule has 0 atom stereocenters. The largest absolute Gasteiger partial charge is 0.493 e. The fraction of sp³-hybridized carbons (Fsp3) is 0.719.